The van der Waals surface area contributed by atoms with E-state index in [1.165, 1.54) is 5.56 Å². The van der Waals surface area contributed by atoms with Crippen LogP contribution in [0, 0.1) is 0 Å². The highest BCUT2D eigenvalue weighted by Gasteiger charge is 2.14. The molecule has 1 N–H and O–H groups in total. The van der Waals surface area contributed by atoms with Crippen LogP contribution in [0.2, 0.25) is 10.2 Å². The number of aromatic nitrogens is 3. The van der Waals surface area contributed by atoms with Crippen molar-refractivity contribution in [3.05, 3.63) is 58.0 Å². The van der Waals surface area contributed by atoms with Crippen LogP contribution in [0.15, 0.2) is 36.4 Å². The zero-order valence-electron chi connectivity index (χ0n) is 10.2. The van der Waals surface area contributed by atoms with Gasteiger partial charge in [0, 0.05) is 5.92 Å². The Labute approximate surface area is 120 Å². The van der Waals surface area contributed by atoms with E-state index in [4.69, 9.17) is 23.2 Å². The molecule has 0 spiro atoms. The molecular formula is C14H11Cl2N3. The van der Waals surface area contributed by atoms with Gasteiger partial charge in [0.05, 0.1) is 10.5 Å². The highest BCUT2D eigenvalue weighted by Crippen LogP contribution is 2.27. The molecule has 0 fully saturated rings. The van der Waals surface area contributed by atoms with E-state index < -0.39 is 0 Å². The Balaban J connectivity index is 2.06. The van der Waals surface area contributed by atoms with Crippen molar-refractivity contribution in [3.63, 3.8) is 0 Å². The van der Waals surface area contributed by atoms with E-state index in [1.54, 1.807) is 6.07 Å². The molecular weight excluding hydrogens is 281 g/mol. The number of rotatable bonds is 2. The summed E-state index contributed by atoms with van der Waals surface area (Å²) < 4.78 is 0. The van der Waals surface area contributed by atoms with Gasteiger partial charge in [-0.25, -0.2) is 9.97 Å². The zero-order chi connectivity index (χ0) is 13.4. The number of hydrogen-bond acceptors (Lipinski definition) is 2. The van der Waals surface area contributed by atoms with Crippen LogP contribution >= 0.6 is 23.2 Å². The van der Waals surface area contributed by atoms with Crippen LogP contribution in [-0.2, 0) is 0 Å². The molecule has 0 aliphatic rings. The normalized spacial score (nSPS) is 12.8. The average Bonchev–Trinajstić information content (AvgIpc) is 2.82. The van der Waals surface area contributed by atoms with Gasteiger partial charge in [0.25, 0.3) is 0 Å². The van der Waals surface area contributed by atoms with Gasteiger partial charge in [-0.1, -0.05) is 60.5 Å². The molecule has 0 amide bonds. The first-order chi connectivity index (χ1) is 9.15. The van der Waals surface area contributed by atoms with Crippen molar-refractivity contribution in [1.82, 2.24) is 15.0 Å². The predicted octanol–water partition coefficient (Wildman–Crippen LogP) is 4.42. The second kappa shape index (κ2) is 4.83. The summed E-state index contributed by atoms with van der Waals surface area (Å²) in [4.78, 5) is 11.9. The third-order valence-electron chi connectivity index (χ3n) is 3.11. The first kappa shape index (κ1) is 12.5. The van der Waals surface area contributed by atoms with Crippen molar-refractivity contribution < 1.29 is 0 Å². The Morgan fingerprint density at radius 2 is 1.84 bits per heavy atom. The van der Waals surface area contributed by atoms with Gasteiger partial charge >= 0.3 is 0 Å². The van der Waals surface area contributed by atoms with Crippen molar-refractivity contribution in [2.45, 2.75) is 12.8 Å². The first-order valence-corrected chi connectivity index (χ1v) is 6.67. The highest BCUT2D eigenvalue weighted by molar-refractivity contribution is 6.41. The summed E-state index contributed by atoms with van der Waals surface area (Å²) in [6, 6.07) is 11.9. The molecule has 2 aromatic heterocycles. The minimum atomic E-state index is 0.160. The van der Waals surface area contributed by atoms with Crippen molar-refractivity contribution in [3.8, 4) is 0 Å². The number of benzene rings is 1. The van der Waals surface area contributed by atoms with Crippen LogP contribution in [0.4, 0.5) is 0 Å². The van der Waals surface area contributed by atoms with Crippen molar-refractivity contribution >= 4 is 34.4 Å². The van der Waals surface area contributed by atoms with Crippen molar-refractivity contribution in [2.24, 2.45) is 0 Å². The van der Waals surface area contributed by atoms with Crippen molar-refractivity contribution in [1.29, 1.82) is 0 Å². The summed E-state index contributed by atoms with van der Waals surface area (Å²) in [6.45, 7) is 2.09. The van der Waals surface area contributed by atoms with Crippen LogP contribution in [-0.4, -0.2) is 15.0 Å². The molecule has 0 bridgehead atoms. The van der Waals surface area contributed by atoms with Gasteiger partial charge in [-0.3, -0.25) is 0 Å². The Morgan fingerprint density at radius 3 is 2.58 bits per heavy atom. The second-order valence-electron chi connectivity index (χ2n) is 4.39. The summed E-state index contributed by atoms with van der Waals surface area (Å²) in [5, 5.41) is 0.705. The summed E-state index contributed by atoms with van der Waals surface area (Å²) in [5.74, 6) is 1.01. The molecule has 0 radical (unpaired) electrons. The SMILES string of the molecule is CC(c1ccccc1)c1nc2nc(Cl)c(Cl)cc2[nH]1. The quantitative estimate of drug-likeness (QED) is 0.710. The number of pyridine rings is 1. The molecule has 96 valence electrons. The molecule has 1 atom stereocenters. The molecule has 0 aliphatic carbocycles. The largest absolute Gasteiger partial charge is 0.340 e. The Kier molecular flexibility index (Phi) is 3.17. The number of halogens is 2. The lowest BCUT2D eigenvalue weighted by Crippen LogP contribution is -1.97. The Morgan fingerprint density at radius 1 is 1.11 bits per heavy atom. The van der Waals surface area contributed by atoms with E-state index >= 15 is 0 Å². The van der Waals surface area contributed by atoms with Gasteiger partial charge in [-0.05, 0) is 11.6 Å². The summed E-state index contributed by atoms with van der Waals surface area (Å²) in [7, 11) is 0. The molecule has 2 heterocycles. The van der Waals surface area contributed by atoms with E-state index in [9.17, 15) is 0 Å². The third-order valence-corrected chi connectivity index (χ3v) is 3.78. The molecule has 3 nitrogen and oxygen atoms in total. The maximum absolute atomic E-state index is 5.95. The van der Waals surface area contributed by atoms with E-state index in [2.05, 4.69) is 34.0 Å². The van der Waals surface area contributed by atoms with E-state index in [0.717, 1.165) is 11.3 Å². The van der Waals surface area contributed by atoms with Gasteiger partial charge in [0.15, 0.2) is 5.65 Å². The molecule has 0 aliphatic heterocycles. The molecule has 0 saturated carbocycles. The van der Waals surface area contributed by atoms with Crippen LogP contribution in [0.1, 0.15) is 24.2 Å². The van der Waals surface area contributed by atoms with E-state index in [-0.39, 0.29) is 11.1 Å². The Bertz CT molecular complexity index is 683. The van der Waals surface area contributed by atoms with Crippen LogP contribution in [0.5, 0.6) is 0 Å². The summed E-state index contributed by atoms with van der Waals surface area (Å²) in [6.07, 6.45) is 0. The summed E-state index contributed by atoms with van der Waals surface area (Å²) in [5.41, 5.74) is 2.58. The van der Waals surface area contributed by atoms with Crippen LogP contribution in [0.25, 0.3) is 11.2 Å². The van der Waals surface area contributed by atoms with Crippen LogP contribution in [0.3, 0.4) is 0 Å². The number of fused-ring (bicyclic) bond motifs is 1. The van der Waals surface area contributed by atoms with Gasteiger partial charge in [-0.15, -0.1) is 0 Å². The van der Waals surface area contributed by atoms with Gasteiger partial charge in [0.1, 0.15) is 11.0 Å². The number of hydrogen-bond donors (Lipinski definition) is 1. The van der Waals surface area contributed by atoms with Gasteiger partial charge < -0.3 is 4.98 Å². The topological polar surface area (TPSA) is 41.6 Å². The fourth-order valence-electron chi connectivity index (χ4n) is 2.02. The second-order valence-corrected chi connectivity index (χ2v) is 5.15. The molecule has 1 unspecified atom stereocenters. The zero-order valence-corrected chi connectivity index (χ0v) is 11.7. The lowest BCUT2D eigenvalue weighted by Gasteiger charge is -2.07. The fraction of sp³-hybridized carbons (Fsp3) is 0.143. The monoisotopic (exact) mass is 291 g/mol. The van der Waals surface area contributed by atoms with Gasteiger partial charge in [-0.2, -0.15) is 0 Å². The number of aromatic amines is 1. The van der Waals surface area contributed by atoms with Crippen LogP contribution < -0.4 is 0 Å². The summed E-state index contributed by atoms with van der Waals surface area (Å²) >= 11 is 11.8. The number of imidazole rings is 1. The highest BCUT2D eigenvalue weighted by atomic mass is 35.5. The Hall–Kier alpha value is -1.58. The van der Waals surface area contributed by atoms with Crippen molar-refractivity contribution in [2.75, 3.05) is 0 Å². The number of nitrogens with one attached hydrogen (secondary N) is 1. The third kappa shape index (κ3) is 2.31. The molecule has 19 heavy (non-hydrogen) atoms. The number of H-pyrrole nitrogens is 1. The first-order valence-electron chi connectivity index (χ1n) is 5.92. The molecule has 3 aromatic rings. The molecule has 5 heteroatoms. The maximum Gasteiger partial charge on any atom is 0.179 e. The average molecular weight is 292 g/mol. The molecule has 0 saturated heterocycles. The van der Waals surface area contributed by atoms with E-state index in [0.29, 0.717) is 10.7 Å². The molecule has 1 aromatic carbocycles. The lowest BCUT2D eigenvalue weighted by atomic mass is 10.0. The smallest absolute Gasteiger partial charge is 0.179 e. The molecule has 3 rings (SSSR count). The maximum atomic E-state index is 5.95. The van der Waals surface area contributed by atoms with Gasteiger partial charge in [0.2, 0.25) is 0 Å². The minimum Gasteiger partial charge on any atom is -0.340 e. The fourth-order valence-corrected chi connectivity index (χ4v) is 2.31. The van der Waals surface area contributed by atoms with E-state index in [1.807, 2.05) is 18.2 Å². The predicted molar refractivity (Wildman–Crippen MR) is 77.9 cm³/mol. The lowest BCUT2D eigenvalue weighted by molar-refractivity contribution is 0.844. The standard InChI is InChI=1S/C14H11Cl2N3/c1-8(9-5-3-2-4-6-9)13-17-11-7-10(15)12(16)18-14(11)19-13/h2-8H,1H3,(H,17,18,19). The number of nitrogens with zero attached hydrogens (tertiary/aromatic N) is 2. The minimum absolute atomic E-state index is 0.160.